The van der Waals surface area contributed by atoms with Crippen LogP contribution in [0, 0.1) is 17.6 Å². The molecule has 1 unspecified atom stereocenters. The molecule has 1 aliphatic rings. The monoisotopic (exact) mass is 435 g/mol. The molecule has 0 bridgehead atoms. The Morgan fingerprint density at radius 2 is 1.97 bits per heavy atom. The summed E-state index contributed by atoms with van der Waals surface area (Å²) < 4.78 is 29.8. The summed E-state index contributed by atoms with van der Waals surface area (Å²) in [6, 6.07) is 2.87. The van der Waals surface area contributed by atoms with E-state index in [1.807, 2.05) is 11.9 Å². The van der Waals surface area contributed by atoms with Crippen molar-refractivity contribution in [3.8, 4) is 5.69 Å². The minimum atomic E-state index is -0.905. The number of hydrogen-bond donors (Lipinski definition) is 1. The fraction of sp³-hybridized carbons (Fsp3) is 0.350. The lowest BCUT2D eigenvalue weighted by molar-refractivity contribution is 0.0825. The van der Waals surface area contributed by atoms with Gasteiger partial charge in [-0.1, -0.05) is 11.6 Å². The average Bonchev–Trinajstić information content (AvgIpc) is 3.16. The Morgan fingerprint density at radius 3 is 2.60 bits per heavy atom. The third-order valence-electron chi connectivity index (χ3n) is 5.49. The van der Waals surface area contributed by atoms with Gasteiger partial charge >= 0.3 is 0 Å². The molecular weight excluding hydrogens is 416 g/mol. The van der Waals surface area contributed by atoms with E-state index in [-0.39, 0.29) is 16.6 Å². The second-order valence-corrected chi connectivity index (χ2v) is 7.70. The number of aromatic nitrogens is 4. The van der Waals surface area contributed by atoms with Crippen molar-refractivity contribution in [3.05, 3.63) is 69.6 Å². The first-order valence-electron chi connectivity index (χ1n) is 9.50. The maximum absolute atomic E-state index is 14.0. The van der Waals surface area contributed by atoms with E-state index in [1.54, 1.807) is 17.0 Å². The number of piperidine rings is 1. The van der Waals surface area contributed by atoms with Crippen molar-refractivity contribution >= 4 is 17.3 Å². The average molecular weight is 436 g/mol. The van der Waals surface area contributed by atoms with Gasteiger partial charge in [0.15, 0.2) is 5.82 Å². The zero-order valence-corrected chi connectivity index (χ0v) is 16.9. The summed E-state index contributed by atoms with van der Waals surface area (Å²) in [5, 5.41) is 14.6. The molecule has 3 heterocycles. The summed E-state index contributed by atoms with van der Waals surface area (Å²) in [5.41, 5.74) is -0.410. The molecule has 0 radical (unpaired) electrons. The highest BCUT2D eigenvalue weighted by Crippen LogP contribution is 2.33. The van der Waals surface area contributed by atoms with Crippen LogP contribution in [-0.2, 0) is 7.05 Å². The van der Waals surface area contributed by atoms with E-state index >= 15 is 0 Å². The van der Waals surface area contributed by atoms with Crippen molar-refractivity contribution in [1.82, 2.24) is 19.3 Å². The number of anilines is 1. The highest BCUT2D eigenvalue weighted by Gasteiger charge is 2.30. The van der Waals surface area contributed by atoms with Gasteiger partial charge in [-0.15, -0.1) is 0 Å². The zero-order valence-electron chi connectivity index (χ0n) is 16.2. The van der Waals surface area contributed by atoms with Crippen LogP contribution in [0.15, 0.2) is 41.6 Å². The van der Waals surface area contributed by atoms with Crippen LogP contribution in [0.2, 0.25) is 5.02 Å². The second kappa shape index (κ2) is 8.16. The molecule has 1 N–H and O–H groups in total. The van der Waals surface area contributed by atoms with Gasteiger partial charge in [-0.3, -0.25) is 4.79 Å². The topological polar surface area (TPSA) is 76.2 Å². The fourth-order valence-electron chi connectivity index (χ4n) is 3.80. The van der Waals surface area contributed by atoms with Crippen LogP contribution < -0.4 is 10.5 Å². The first kappa shape index (κ1) is 20.5. The summed E-state index contributed by atoms with van der Waals surface area (Å²) in [7, 11) is 1.84. The molecule has 1 aliphatic heterocycles. The Balaban J connectivity index is 1.52. The number of hydrogen-bond acceptors (Lipinski definition) is 5. The molecule has 0 spiro atoms. The van der Waals surface area contributed by atoms with E-state index in [9.17, 15) is 18.7 Å². The first-order chi connectivity index (χ1) is 14.4. The Hall–Kier alpha value is -2.78. The Bertz CT molecular complexity index is 1120. The number of halogens is 3. The van der Waals surface area contributed by atoms with Gasteiger partial charge in [-0.2, -0.15) is 9.78 Å². The molecule has 3 aromatic rings. The number of nitrogens with zero attached hydrogens (tertiary/aromatic N) is 5. The van der Waals surface area contributed by atoms with Gasteiger partial charge in [0, 0.05) is 38.6 Å². The lowest BCUT2D eigenvalue weighted by Crippen LogP contribution is -2.37. The highest BCUT2D eigenvalue weighted by molar-refractivity contribution is 6.33. The molecule has 7 nitrogen and oxygen atoms in total. The first-order valence-corrected chi connectivity index (χ1v) is 9.88. The number of aliphatic hydroxyl groups is 1. The van der Waals surface area contributed by atoms with Crippen LogP contribution in [-0.4, -0.2) is 37.5 Å². The standard InChI is InChI=1S/C20H20ClF2N5O2/c1-26-9-6-24-19(26)18(29)12-4-7-27(8-5-12)16-11-25-28(20(30)17(16)21)15-3-2-13(22)10-14(15)23/h2-3,6,9-12,18,29H,4-5,7-8H2,1H3. The van der Waals surface area contributed by atoms with Crippen LogP contribution >= 0.6 is 11.6 Å². The van der Waals surface area contributed by atoms with Gasteiger partial charge in [-0.05, 0) is 30.9 Å². The molecule has 158 valence electrons. The van der Waals surface area contributed by atoms with Crippen LogP contribution in [0.1, 0.15) is 24.8 Å². The number of aryl methyl sites for hydroxylation is 1. The summed E-state index contributed by atoms with van der Waals surface area (Å²) >= 11 is 6.29. The number of imidazole rings is 1. The third kappa shape index (κ3) is 3.70. The Kier molecular flexibility index (Phi) is 5.57. The molecule has 30 heavy (non-hydrogen) atoms. The molecule has 0 saturated carbocycles. The summed E-state index contributed by atoms with van der Waals surface area (Å²) in [5.74, 6) is -1.00. The van der Waals surface area contributed by atoms with Gasteiger partial charge in [0.2, 0.25) is 0 Å². The predicted molar refractivity (Wildman–Crippen MR) is 108 cm³/mol. The number of aliphatic hydroxyl groups excluding tert-OH is 1. The quantitative estimate of drug-likeness (QED) is 0.682. The minimum Gasteiger partial charge on any atom is -0.385 e. The van der Waals surface area contributed by atoms with Crippen molar-refractivity contribution in [2.75, 3.05) is 18.0 Å². The molecule has 0 aliphatic carbocycles. The summed E-state index contributed by atoms with van der Waals surface area (Å²) in [6.07, 6.45) is 5.54. The van der Waals surface area contributed by atoms with Gasteiger partial charge in [0.25, 0.3) is 5.56 Å². The lowest BCUT2D eigenvalue weighted by atomic mass is 9.90. The van der Waals surface area contributed by atoms with Crippen molar-refractivity contribution in [2.45, 2.75) is 18.9 Å². The van der Waals surface area contributed by atoms with Crippen LogP contribution in [0.25, 0.3) is 5.69 Å². The molecule has 0 amide bonds. The highest BCUT2D eigenvalue weighted by atomic mass is 35.5. The second-order valence-electron chi connectivity index (χ2n) is 7.32. The zero-order chi connectivity index (χ0) is 21.4. The molecular formula is C20H20ClF2N5O2. The Morgan fingerprint density at radius 1 is 1.23 bits per heavy atom. The largest absolute Gasteiger partial charge is 0.385 e. The SMILES string of the molecule is Cn1ccnc1C(O)C1CCN(c2cnn(-c3ccc(F)cc3F)c(=O)c2Cl)CC1. The summed E-state index contributed by atoms with van der Waals surface area (Å²) in [6.45, 7) is 1.14. The van der Waals surface area contributed by atoms with E-state index in [4.69, 9.17) is 11.6 Å². The molecule has 4 rings (SSSR count). The van der Waals surface area contributed by atoms with Crippen LogP contribution in [0.3, 0.4) is 0 Å². The van der Waals surface area contributed by atoms with Crippen molar-refractivity contribution in [2.24, 2.45) is 13.0 Å². The molecule has 1 saturated heterocycles. The molecule has 10 heteroatoms. The maximum atomic E-state index is 14.0. The van der Waals surface area contributed by atoms with E-state index in [0.717, 1.165) is 16.8 Å². The minimum absolute atomic E-state index is 0.0303. The van der Waals surface area contributed by atoms with Crippen LogP contribution in [0.5, 0.6) is 0 Å². The van der Waals surface area contributed by atoms with E-state index in [0.29, 0.717) is 43.5 Å². The van der Waals surface area contributed by atoms with Crippen molar-refractivity contribution in [3.63, 3.8) is 0 Å². The molecule has 1 atom stereocenters. The van der Waals surface area contributed by atoms with E-state index in [1.165, 1.54) is 6.20 Å². The molecule has 1 aromatic carbocycles. The van der Waals surface area contributed by atoms with E-state index < -0.39 is 23.3 Å². The number of rotatable bonds is 4. The smallest absolute Gasteiger partial charge is 0.292 e. The maximum Gasteiger partial charge on any atom is 0.292 e. The van der Waals surface area contributed by atoms with E-state index in [2.05, 4.69) is 10.1 Å². The number of benzene rings is 1. The van der Waals surface area contributed by atoms with Crippen molar-refractivity contribution in [1.29, 1.82) is 0 Å². The Labute approximate surface area is 176 Å². The fourth-order valence-corrected chi connectivity index (χ4v) is 4.05. The predicted octanol–water partition coefficient (Wildman–Crippen LogP) is 2.85. The van der Waals surface area contributed by atoms with Gasteiger partial charge in [0.1, 0.15) is 28.5 Å². The van der Waals surface area contributed by atoms with Crippen molar-refractivity contribution < 1.29 is 13.9 Å². The van der Waals surface area contributed by atoms with Gasteiger partial charge in [0.05, 0.1) is 11.9 Å². The molecule has 2 aromatic heterocycles. The normalized spacial score (nSPS) is 16.1. The van der Waals surface area contributed by atoms with Crippen LogP contribution in [0.4, 0.5) is 14.5 Å². The lowest BCUT2D eigenvalue weighted by Gasteiger charge is -2.35. The van der Waals surface area contributed by atoms with Gasteiger partial charge < -0.3 is 14.6 Å². The molecule has 1 fully saturated rings. The third-order valence-corrected chi connectivity index (χ3v) is 5.84. The van der Waals surface area contributed by atoms with Gasteiger partial charge in [-0.25, -0.2) is 13.8 Å². The summed E-state index contributed by atoms with van der Waals surface area (Å²) in [4.78, 5) is 18.8.